The Hall–Kier alpha value is -3.56. The van der Waals surface area contributed by atoms with E-state index in [1.54, 1.807) is 28.6 Å². The second kappa shape index (κ2) is 10.4. The average Bonchev–Trinajstić information content (AvgIpc) is 3.25. The highest BCUT2D eigenvalue weighted by atomic mass is 32.1. The van der Waals surface area contributed by atoms with Crippen LogP contribution in [0.15, 0.2) is 54.9 Å². The number of aromatic nitrogens is 3. The highest BCUT2D eigenvalue weighted by molar-refractivity contribution is 7.19. The van der Waals surface area contributed by atoms with Crippen molar-refractivity contribution in [2.75, 3.05) is 18.4 Å². The number of anilines is 1. The number of nitrogens with one attached hydrogen (secondary N) is 1. The van der Waals surface area contributed by atoms with E-state index >= 15 is 0 Å². The predicted molar refractivity (Wildman–Crippen MR) is 148 cm³/mol. The number of hydrogen-bond donors (Lipinski definition) is 2. The van der Waals surface area contributed by atoms with Crippen molar-refractivity contribution in [2.45, 2.75) is 51.8 Å². The molecule has 0 spiro atoms. The van der Waals surface area contributed by atoms with E-state index in [2.05, 4.69) is 22.4 Å². The summed E-state index contributed by atoms with van der Waals surface area (Å²) in [7, 11) is 0. The molecule has 1 aliphatic heterocycles. The summed E-state index contributed by atoms with van der Waals surface area (Å²) in [6.45, 7) is 7.32. The van der Waals surface area contributed by atoms with Crippen LogP contribution < -0.4 is 11.1 Å². The van der Waals surface area contributed by atoms with Crippen molar-refractivity contribution >= 4 is 33.5 Å². The highest BCUT2D eigenvalue weighted by Crippen LogP contribution is 2.39. The lowest BCUT2D eigenvalue weighted by atomic mass is 10.0. The van der Waals surface area contributed by atoms with Gasteiger partial charge in [-0.15, -0.1) is 11.3 Å². The zero-order chi connectivity index (χ0) is 26.0. The maximum atomic E-state index is 12.7. The first-order chi connectivity index (χ1) is 17.8. The van der Waals surface area contributed by atoms with Gasteiger partial charge in [-0.25, -0.2) is 14.8 Å². The lowest BCUT2D eigenvalue weighted by molar-refractivity contribution is 0.0227. The average molecular weight is 517 g/mol. The van der Waals surface area contributed by atoms with Crippen LogP contribution in [0.3, 0.4) is 0 Å². The van der Waals surface area contributed by atoms with E-state index in [0.29, 0.717) is 25.5 Å². The Morgan fingerprint density at radius 2 is 1.92 bits per heavy atom. The molecule has 0 saturated carbocycles. The second-order valence-electron chi connectivity index (χ2n) is 10.3. The molecule has 0 bridgehead atoms. The molecule has 192 valence electrons. The molecular formula is C28H32N6O2S. The third-order valence-corrected chi connectivity index (χ3v) is 7.27. The Kier molecular flexibility index (Phi) is 7.08. The number of amides is 1. The molecule has 0 radical (unpaired) electrons. The monoisotopic (exact) mass is 516 g/mol. The van der Waals surface area contributed by atoms with Crippen LogP contribution in [0.5, 0.6) is 0 Å². The number of pyridine rings is 1. The fourth-order valence-electron chi connectivity index (χ4n) is 4.45. The largest absolute Gasteiger partial charge is 0.444 e. The Morgan fingerprint density at radius 1 is 1.16 bits per heavy atom. The van der Waals surface area contributed by atoms with Crippen LogP contribution in [0.2, 0.25) is 0 Å². The first-order valence-electron chi connectivity index (χ1n) is 12.5. The number of carbonyl (C=O) groups excluding carboxylic acids is 1. The van der Waals surface area contributed by atoms with Gasteiger partial charge in [0.15, 0.2) is 5.82 Å². The van der Waals surface area contributed by atoms with Gasteiger partial charge in [0.05, 0.1) is 11.9 Å². The Bertz CT molecular complexity index is 1380. The fourth-order valence-corrected chi connectivity index (χ4v) is 5.69. The second-order valence-corrected chi connectivity index (χ2v) is 11.4. The number of benzene rings is 1. The van der Waals surface area contributed by atoms with Crippen molar-refractivity contribution in [2.24, 2.45) is 5.73 Å². The van der Waals surface area contributed by atoms with Crippen LogP contribution in [0, 0.1) is 0 Å². The van der Waals surface area contributed by atoms with Gasteiger partial charge in [-0.3, -0.25) is 4.98 Å². The molecule has 4 aromatic rings. The summed E-state index contributed by atoms with van der Waals surface area (Å²) < 4.78 is 5.61. The van der Waals surface area contributed by atoms with Crippen molar-refractivity contribution < 1.29 is 9.53 Å². The molecule has 9 heteroatoms. The van der Waals surface area contributed by atoms with Crippen molar-refractivity contribution in [1.29, 1.82) is 0 Å². The molecule has 0 fully saturated rings. The minimum absolute atomic E-state index is 0.0751. The van der Waals surface area contributed by atoms with E-state index in [-0.39, 0.29) is 12.1 Å². The van der Waals surface area contributed by atoms with Gasteiger partial charge in [0.2, 0.25) is 0 Å². The van der Waals surface area contributed by atoms with E-state index in [9.17, 15) is 4.79 Å². The molecule has 1 aromatic carbocycles. The number of thiophene rings is 1. The van der Waals surface area contributed by atoms with Crippen molar-refractivity contribution in [1.82, 2.24) is 19.9 Å². The molecule has 4 heterocycles. The summed E-state index contributed by atoms with van der Waals surface area (Å²) >= 11 is 1.61. The van der Waals surface area contributed by atoms with Crippen molar-refractivity contribution in [3.05, 3.63) is 70.9 Å². The van der Waals surface area contributed by atoms with Gasteiger partial charge in [-0.05, 0) is 56.9 Å². The van der Waals surface area contributed by atoms with Crippen LogP contribution in [-0.2, 0) is 24.1 Å². The maximum absolute atomic E-state index is 12.7. The van der Waals surface area contributed by atoms with Crippen LogP contribution in [-0.4, -0.2) is 50.7 Å². The summed E-state index contributed by atoms with van der Waals surface area (Å²) in [5.74, 6) is 1.42. The van der Waals surface area contributed by atoms with Gasteiger partial charge < -0.3 is 20.7 Å². The lowest BCUT2D eigenvalue weighted by Crippen LogP contribution is -2.39. The summed E-state index contributed by atoms with van der Waals surface area (Å²) in [6.07, 6.45) is 4.68. The SMILES string of the molecule is CC(C)(C)OC(=O)N1CCc2c(sc3nc(-c4ccncc4)nc(NCC(N)Cc4ccccc4)c23)C1. The van der Waals surface area contributed by atoms with Crippen LogP contribution in [0.1, 0.15) is 36.8 Å². The van der Waals surface area contributed by atoms with Gasteiger partial charge in [0, 0.05) is 42.0 Å². The molecule has 1 aliphatic rings. The lowest BCUT2D eigenvalue weighted by Gasteiger charge is -2.30. The number of carbonyl (C=O) groups is 1. The standard InChI is InChI=1S/C28H32N6O2S/c1-28(2,3)36-27(35)34-14-11-21-22(17-34)37-26-23(21)25(32-24(33-26)19-9-12-30-13-10-19)31-16-20(29)15-18-7-5-4-6-8-18/h4-10,12-13,20H,11,14-17,29H2,1-3H3,(H,31,32,33). The Morgan fingerprint density at radius 3 is 2.65 bits per heavy atom. The van der Waals surface area contributed by atoms with Gasteiger partial charge in [-0.2, -0.15) is 0 Å². The molecule has 0 aliphatic carbocycles. The zero-order valence-electron chi connectivity index (χ0n) is 21.4. The number of hydrogen-bond acceptors (Lipinski definition) is 8. The highest BCUT2D eigenvalue weighted by Gasteiger charge is 2.29. The summed E-state index contributed by atoms with van der Waals surface area (Å²) in [5.41, 5.74) is 9.26. The van der Waals surface area contributed by atoms with E-state index < -0.39 is 5.60 Å². The van der Waals surface area contributed by atoms with Gasteiger partial charge in [0.25, 0.3) is 0 Å². The van der Waals surface area contributed by atoms with Gasteiger partial charge in [-0.1, -0.05) is 30.3 Å². The number of nitrogens with zero attached hydrogens (tertiary/aromatic N) is 4. The molecule has 1 unspecified atom stereocenters. The van der Waals surface area contributed by atoms with Crippen LogP contribution in [0.4, 0.5) is 10.6 Å². The summed E-state index contributed by atoms with van der Waals surface area (Å²) in [5, 5.41) is 4.55. The molecule has 0 saturated heterocycles. The summed E-state index contributed by atoms with van der Waals surface area (Å²) in [6, 6.07) is 14.0. The molecule has 5 rings (SSSR count). The molecule has 1 amide bonds. The third kappa shape index (κ3) is 5.89. The fraction of sp³-hybridized carbons (Fsp3) is 0.357. The minimum atomic E-state index is -0.530. The zero-order valence-corrected chi connectivity index (χ0v) is 22.2. The van der Waals surface area contributed by atoms with Gasteiger partial charge >= 0.3 is 6.09 Å². The summed E-state index contributed by atoms with van der Waals surface area (Å²) in [4.78, 5) is 30.5. The molecule has 8 nitrogen and oxygen atoms in total. The van der Waals surface area contributed by atoms with Crippen molar-refractivity contribution in [3.63, 3.8) is 0 Å². The molecular weight excluding hydrogens is 484 g/mol. The number of ether oxygens (including phenoxy) is 1. The number of fused-ring (bicyclic) bond motifs is 3. The quantitative estimate of drug-likeness (QED) is 0.370. The van der Waals surface area contributed by atoms with E-state index in [1.807, 2.05) is 51.1 Å². The topological polar surface area (TPSA) is 106 Å². The van der Waals surface area contributed by atoms with E-state index in [0.717, 1.165) is 39.3 Å². The first kappa shape index (κ1) is 25.1. The number of nitrogens with two attached hydrogens (primary N) is 1. The Balaban J connectivity index is 1.45. The minimum Gasteiger partial charge on any atom is -0.444 e. The van der Waals surface area contributed by atoms with Crippen LogP contribution >= 0.6 is 11.3 Å². The maximum Gasteiger partial charge on any atom is 0.410 e. The van der Waals surface area contributed by atoms with E-state index in [4.69, 9.17) is 20.4 Å². The Labute approximate surface area is 220 Å². The normalized spacial score (nSPS) is 14.3. The first-order valence-corrected chi connectivity index (χ1v) is 13.3. The van der Waals surface area contributed by atoms with Crippen LogP contribution in [0.25, 0.3) is 21.6 Å². The smallest absolute Gasteiger partial charge is 0.410 e. The van der Waals surface area contributed by atoms with Crippen molar-refractivity contribution in [3.8, 4) is 11.4 Å². The molecule has 3 aromatic heterocycles. The predicted octanol–water partition coefficient (Wildman–Crippen LogP) is 5.03. The van der Waals surface area contributed by atoms with Gasteiger partial charge in [0.1, 0.15) is 16.2 Å². The molecule has 1 atom stereocenters. The van der Waals surface area contributed by atoms with E-state index in [1.165, 1.54) is 11.1 Å². The third-order valence-electron chi connectivity index (χ3n) is 6.16. The number of rotatable bonds is 6. The molecule has 37 heavy (non-hydrogen) atoms. The molecule has 3 N–H and O–H groups in total.